The zero-order valence-corrected chi connectivity index (χ0v) is 14.1. The molecule has 1 aliphatic carbocycles. The van der Waals surface area contributed by atoms with E-state index in [1.165, 1.54) is 31.3 Å². The van der Waals surface area contributed by atoms with E-state index >= 15 is 0 Å². The lowest BCUT2D eigenvalue weighted by Crippen LogP contribution is -2.49. The number of amidine groups is 1. The molecule has 0 amide bonds. The highest BCUT2D eigenvalue weighted by Crippen LogP contribution is 2.38. The second-order valence-electron chi connectivity index (χ2n) is 7.51. The van der Waals surface area contributed by atoms with E-state index in [9.17, 15) is 0 Å². The van der Waals surface area contributed by atoms with Gasteiger partial charge < -0.3 is 16.0 Å². The minimum absolute atomic E-state index is 0.484. The molecule has 3 aliphatic rings. The maximum Gasteiger partial charge on any atom is 0.131 e. The first-order chi connectivity index (χ1) is 10.5. The monoisotopic (exact) mass is 302 g/mol. The Bertz CT molecular complexity index is 491. The molecule has 122 valence electrons. The minimum atomic E-state index is 0.484. The smallest absolute Gasteiger partial charge is 0.131 e. The van der Waals surface area contributed by atoms with Crippen LogP contribution in [0.1, 0.15) is 52.9 Å². The molecule has 3 rings (SSSR count). The van der Waals surface area contributed by atoms with Crippen LogP contribution < -0.4 is 16.0 Å². The van der Waals surface area contributed by atoms with E-state index in [2.05, 4.69) is 36.7 Å². The highest BCUT2D eigenvalue weighted by molar-refractivity contribution is 6.04. The van der Waals surface area contributed by atoms with Gasteiger partial charge in [0.15, 0.2) is 0 Å². The van der Waals surface area contributed by atoms with Crippen molar-refractivity contribution >= 4 is 5.84 Å². The Hall–Kier alpha value is -1.29. The summed E-state index contributed by atoms with van der Waals surface area (Å²) in [6.07, 6.45) is 8.32. The van der Waals surface area contributed by atoms with Gasteiger partial charge >= 0.3 is 0 Å². The summed E-state index contributed by atoms with van der Waals surface area (Å²) in [6.45, 7) is 7.74. The second-order valence-corrected chi connectivity index (χ2v) is 7.51. The third kappa shape index (κ3) is 3.54. The molecule has 1 saturated carbocycles. The van der Waals surface area contributed by atoms with Crippen LogP contribution in [0.15, 0.2) is 23.0 Å². The van der Waals surface area contributed by atoms with Gasteiger partial charge in [0.25, 0.3) is 0 Å². The van der Waals surface area contributed by atoms with Crippen LogP contribution in [-0.4, -0.2) is 24.5 Å². The van der Waals surface area contributed by atoms with E-state index < -0.39 is 0 Å². The van der Waals surface area contributed by atoms with Crippen molar-refractivity contribution in [2.45, 2.75) is 65.0 Å². The summed E-state index contributed by atoms with van der Waals surface area (Å²) >= 11 is 0. The fraction of sp³-hybridized carbons (Fsp3) is 0.722. The van der Waals surface area contributed by atoms with E-state index in [0.29, 0.717) is 23.8 Å². The first kappa shape index (κ1) is 15.6. The molecular formula is C18H30N4. The molecule has 0 spiro atoms. The van der Waals surface area contributed by atoms with Crippen LogP contribution in [0.3, 0.4) is 0 Å². The zero-order valence-electron chi connectivity index (χ0n) is 14.1. The average molecular weight is 302 g/mol. The van der Waals surface area contributed by atoms with Gasteiger partial charge in [-0.2, -0.15) is 0 Å². The Morgan fingerprint density at radius 1 is 1.32 bits per heavy atom. The number of nitrogens with one attached hydrogen (secondary N) is 4. The van der Waals surface area contributed by atoms with E-state index in [0.717, 1.165) is 30.2 Å². The maximum atomic E-state index is 8.16. The van der Waals surface area contributed by atoms with Gasteiger partial charge in [-0.15, -0.1) is 0 Å². The topological polar surface area (TPSA) is 59.9 Å². The fourth-order valence-electron chi connectivity index (χ4n) is 3.64. The summed E-state index contributed by atoms with van der Waals surface area (Å²) in [6, 6.07) is 1.14. The molecule has 0 radical (unpaired) electrons. The Morgan fingerprint density at radius 3 is 2.68 bits per heavy atom. The number of hydrogen-bond donors (Lipinski definition) is 4. The molecule has 0 unspecified atom stereocenters. The average Bonchev–Trinajstić information content (AvgIpc) is 3.22. The minimum Gasteiger partial charge on any atom is -0.384 e. The lowest BCUT2D eigenvalue weighted by Gasteiger charge is -2.33. The van der Waals surface area contributed by atoms with E-state index in [1.54, 1.807) is 0 Å². The summed E-state index contributed by atoms with van der Waals surface area (Å²) in [5, 5.41) is 18.6. The van der Waals surface area contributed by atoms with Gasteiger partial charge in [0.1, 0.15) is 5.84 Å². The number of rotatable bonds is 5. The molecule has 2 aliphatic heterocycles. The van der Waals surface area contributed by atoms with Crippen LogP contribution in [0.25, 0.3) is 0 Å². The third-order valence-electron chi connectivity index (χ3n) is 5.22. The summed E-state index contributed by atoms with van der Waals surface area (Å²) in [7, 11) is 0. The third-order valence-corrected chi connectivity index (χ3v) is 5.22. The molecule has 2 fully saturated rings. The SMILES string of the molecule is C/C(N[C@@H]1CC[C@H](C(C)C)NC1)=C1\C(=N)NC=C1CC1CC1. The van der Waals surface area contributed by atoms with Crippen LogP contribution in [-0.2, 0) is 0 Å². The molecule has 4 heteroatoms. The zero-order chi connectivity index (χ0) is 15.7. The standard InChI is InChI=1S/C18H30N4/c1-11(2)16-7-6-15(10-20-16)22-12(3)17-14(8-13-4-5-13)9-21-18(17)19/h9,11,13,15-16,20,22H,4-8,10H2,1-3H3,(H2,19,21)/b17-12+/t15-,16-/m1/s1. The highest BCUT2D eigenvalue weighted by atomic mass is 15.0. The van der Waals surface area contributed by atoms with Crippen LogP contribution in [0.4, 0.5) is 0 Å². The van der Waals surface area contributed by atoms with Crippen molar-refractivity contribution < 1.29 is 0 Å². The molecule has 2 heterocycles. The predicted octanol–water partition coefficient (Wildman–Crippen LogP) is 2.89. The second kappa shape index (κ2) is 6.45. The number of allylic oxidation sites excluding steroid dienone is 1. The Kier molecular flexibility index (Phi) is 4.57. The van der Waals surface area contributed by atoms with E-state index in [1.807, 2.05) is 6.20 Å². The molecule has 0 bridgehead atoms. The van der Waals surface area contributed by atoms with Crippen LogP contribution in [0.5, 0.6) is 0 Å². The largest absolute Gasteiger partial charge is 0.384 e. The van der Waals surface area contributed by atoms with E-state index in [4.69, 9.17) is 5.41 Å². The quantitative estimate of drug-likeness (QED) is 0.631. The highest BCUT2D eigenvalue weighted by Gasteiger charge is 2.29. The molecule has 4 nitrogen and oxygen atoms in total. The van der Waals surface area contributed by atoms with Gasteiger partial charge in [-0.3, -0.25) is 5.41 Å². The Morgan fingerprint density at radius 2 is 2.09 bits per heavy atom. The van der Waals surface area contributed by atoms with Gasteiger partial charge in [-0.25, -0.2) is 0 Å². The van der Waals surface area contributed by atoms with Crippen LogP contribution >= 0.6 is 0 Å². The molecule has 22 heavy (non-hydrogen) atoms. The first-order valence-corrected chi connectivity index (χ1v) is 8.80. The first-order valence-electron chi connectivity index (χ1n) is 8.80. The van der Waals surface area contributed by atoms with Gasteiger partial charge in [-0.05, 0) is 56.4 Å². The van der Waals surface area contributed by atoms with Crippen LogP contribution in [0, 0.1) is 17.2 Å². The van der Waals surface area contributed by atoms with Crippen LogP contribution in [0.2, 0.25) is 0 Å². The lowest BCUT2D eigenvalue weighted by atomic mass is 9.92. The van der Waals surface area contributed by atoms with Gasteiger partial charge in [0.2, 0.25) is 0 Å². The lowest BCUT2D eigenvalue weighted by molar-refractivity contribution is 0.287. The maximum absolute atomic E-state index is 8.16. The molecule has 4 N–H and O–H groups in total. The molecule has 1 saturated heterocycles. The van der Waals surface area contributed by atoms with Crippen molar-refractivity contribution in [3.63, 3.8) is 0 Å². The van der Waals surface area contributed by atoms with Gasteiger partial charge in [0.05, 0.1) is 0 Å². The van der Waals surface area contributed by atoms with Crippen molar-refractivity contribution in [2.24, 2.45) is 11.8 Å². The predicted molar refractivity (Wildman–Crippen MR) is 91.8 cm³/mol. The number of hydrogen-bond acceptors (Lipinski definition) is 3. The summed E-state index contributed by atoms with van der Waals surface area (Å²) < 4.78 is 0. The van der Waals surface area contributed by atoms with Crippen molar-refractivity contribution in [3.8, 4) is 0 Å². The summed E-state index contributed by atoms with van der Waals surface area (Å²) in [5.41, 5.74) is 3.59. The van der Waals surface area contributed by atoms with Crippen molar-refractivity contribution in [2.75, 3.05) is 6.54 Å². The van der Waals surface area contributed by atoms with E-state index in [-0.39, 0.29) is 0 Å². The van der Waals surface area contributed by atoms with Crippen molar-refractivity contribution in [1.82, 2.24) is 16.0 Å². The summed E-state index contributed by atoms with van der Waals surface area (Å²) in [5.74, 6) is 2.12. The molecule has 2 atom stereocenters. The fourth-order valence-corrected chi connectivity index (χ4v) is 3.64. The summed E-state index contributed by atoms with van der Waals surface area (Å²) in [4.78, 5) is 0. The van der Waals surface area contributed by atoms with Gasteiger partial charge in [-0.1, -0.05) is 13.8 Å². The van der Waals surface area contributed by atoms with Crippen molar-refractivity contribution in [3.05, 3.63) is 23.0 Å². The Labute approximate surface area is 134 Å². The molecule has 0 aromatic rings. The Balaban J connectivity index is 1.61. The normalized spacial score (nSPS) is 31.1. The van der Waals surface area contributed by atoms with Crippen molar-refractivity contribution in [1.29, 1.82) is 5.41 Å². The number of piperidine rings is 1. The molecule has 0 aromatic carbocycles. The van der Waals surface area contributed by atoms with Gasteiger partial charge in [0, 0.05) is 36.1 Å². The molecule has 0 aromatic heterocycles. The molecular weight excluding hydrogens is 272 g/mol.